The Balaban J connectivity index is 0.000000500. The largest absolute Gasteiger partial charge is 0.319 e. The summed E-state index contributed by atoms with van der Waals surface area (Å²) in [6.07, 6.45) is 2.82. The second kappa shape index (κ2) is 3.94. The Kier molecular flexibility index (Phi) is 4.12. The van der Waals surface area contributed by atoms with E-state index in [4.69, 9.17) is 0 Å². The van der Waals surface area contributed by atoms with E-state index in [1.165, 1.54) is 25.9 Å². The van der Waals surface area contributed by atoms with Crippen LogP contribution in [0.5, 0.6) is 0 Å². The third-order valence-electron chi connectivity index (χ3n) is 2.68. The highest BCUT2D eigenvalue weighted by Crippen LogP contribution is 2.45. The number of halogens is 2. The van der Waals surface area contributed by atoms with Gasteiger partial charge in [0.1, 0.15) is 0 Å². The van der Waals surface area contributed by atoms with Gasteiger partial charge >= 0.3 is 0 Å². The molecule has 0 radical (unpaired) electrons. The van der Waals surface area contributed by atoms with Gasteiger partial charge in [-0.15, -0.1) is 24.8 Å². The van der Waals surface area contributed by atoms with Crippen LogP contribution in [0.15, 0.2) is 0 Å². The van der Waals surface area contributed by atoms with Gasteiger partial charge in [-0.3, -0.25) is 0 Å². The van der Waals surface area contributed by atoms with E-state index in [0.29, 0.717) is 5.41 Å². The number of nitrogens with one attached hydrogen (secondary N) is 2. The van der Waals surface area contributed by atoms with Gasteiger partial charge in [0.25, 0.3) is 0 Å². The number of hydrogen-bond acceptors (Lipinski definition) is 2. The minimum absolute atomic E-state index is 0. The normalized spacial score (nSPS) is 38.5. The molecule has 3 rings (SSSR count). The molecular weight excluding hydrogens is 183 g/mol. The van der Waals surface area contributed by atoms with Crippen molar-refractivity contribution in [1.29, 1.82) is 0 Å². The topological polar surface area (TPSA) is 24.1 Å². The predicted octanol–water partition coefficient (Wildman–Crippen LogP) is 0.801. The van der Waals surface area contributed by atoms with Crippen LogP contribution >= 0.6 is 24.8 Å². The molecule has 2 aliphatic heterocycles. The van der Waals surface area contributed by atoms with E-state index in [-0.39, 0.29) is 24.8 Å². The van der Waals surface area contributed by atoms with E-state index < -0.39 is 0 Å². The lowest BCUT2D eigenvalue weighted by atomic mass is 9.70. The number of fused-ring (bicyclic) bond motifs is 1. The highest BCUT2D eigenvalue weighted by atomic mass is 35.5. The molecule has 2 saturated heterocycles. The molecule has 2 N–H and O–H groups in total. The van der Waals surface area contributed by atoms with E-state index >= 15 is 0 Å². The number of hydrogen-bond donors (Lipinski definition) is 2. The Morgan fingerprint density at radius 1 is 1.45 bits per heavy atom. The average Bonchev–Trinajstić information content (AvgIpc) is 2.22. The Hall–Kier alpha value is 0.500. The van der Waals surface area contributed by atoms with Crippen LogP contribution in [-0.4, -0.2) is 26.2 Å². The first-order valence-corrected chi connectivity index (χ1v) is 3.73. The molecule has 1 aliphatic carbocycles. The molecule has 1 saturated carbocycles. The van der Waals surface area contributed by atoms with Crippen LogP contribution < -0.4 is 10.6 Å². The molecule has 0 amide bonds. The summed E-state index contributed by atoms with van der Waals surface area (Å²) in [6.45, 7) is 2.45. The van der Waals surface area contributed by atoms with Crippen molar-refractivity contribution in [2.24, 2.45) is 5.41 Å². The van der Waals surface area contributed by atoms with E-state index in [0.717, 1.165) is 6.04 Å². The van der Waals surface area contributed by atoms with E-state index in [1.807, 2.05) is 7.05 Å². The summed E-state index contributed by atoms with van der Waals surface area (Å²) in [5, 5.41) is 6.73. The maximum absolute atomic E-state index is 3.48. The van der Waals surface area contributed by atoms with Crippen molar-refractivity contribution in [3.8, 4) is 0 Å². The van der Waals surface area contributed by atoms with Gasteiger partial charge in [0.2, 0.25) is 0 Å². The van der Waals surface area contributed by atoms with E-state index in [9.17, 15) is 0 Å². The summed E-state index contributed by atoms with van der Waals surface area (Å²) in [5.41, 5.74) is 0.666. The van der Waals surface area contributed by atoms with E-state index in [2.05, 4.69) is 10.6 Å². The van der Waals surface area contributed by atoms with Crippen molar-refractivity contribution >= 4 is 24.8 Å². The first kappa shape index (κ1) is 11.5. The summed E-state index contributed by atoms with van der Waals surface area (Å²) in [7, 11) is 2.04. The fourth-order valence-electron chi connectivity index (χ4n) is 2.22. The molecule has 0 aromatic heterocycles. The van der Waals surface area contributed by atoms with Gasteiger partial charge in [-0.25, -0.2) is 0 Å². The van der Waals surface area contributed by atoms with Crippen LogP contribution in [0, 0.1) is 5.41 Å². The standard InChI is InChI=1S/C7H14N2.2ClH/c1-8-4-7-2-6(3-7)9-5-7;;/h6,8-9H,2-5H2,1H3;2*1H. The van der Waals surface area contributed by atoms with Crippen molar-refractivity contribution in [3.05, 3.63) is 0 Å². The maximum atomic E-state index is 3.48. The van der Waals surface area contributed by atoms with Crippen molar-refractivity contribution in [1.82, 2.24) is 10.6 Å². The van der Waals surface area contributed by atoms with Gasteiger partial charge in [0.05, 0.1) is 0 Å². The molecule has 0 atom stereocenters. The zero-order valence-electron chi connectivity index (χ0n) is 6.72. The highest BCUT2D eigenvalue weighted by Gasteiger charge is 2.49. The Bertz CT molecular complexity index is 118. The lowest BCUT2D eigenvalue weighted by molar-refractivity contribution is 0.195. The Labute approximate surface area is 80.3 Å². The van der Waals surface area contributed by atoms with Crippen LogP contribution in [0.2, 0.25) is 0 Å². The molecule has 2 bridgehead atoms. The molecule has 2 heterocycles. The Morgan fingerprint density at radius 2 is 2.09 bits per heavy atom. The van der Waals surface area contributed by atoms with Gasteiger partial charge < -0.3 is 10.6 Å². The summed E-state index contributed by atoms with van der Waals surface area (Å²) >= 11 is 0. The third kappa shape index (κ3) is 1.81. The van der Waals surface area contributed by atoms with Gasteiger partial charge in [0, 0.05) is 19.1 Å². The lowest BCUT2D eigenvalue weighted by Crippen LogP contribution is -2.40. The van der Waals surface area contributed by atoms with Crippen molar-refractivity contribution in [2.45, 2.75) is 18.9 Å². The van der Waals surface area contributed by atoms with Crippen molar-refractivity contribution in [2.75, 3.05) is 20.1 Å². The maximum Gasteiger partial charge on any atom is 0.00798 e. The monoisotopic (exact) mass is 198 g/mol. The molecule has 3 fully saturated rings. The fourth-order valence-corrected chi connectivity index (χ4v) is 2.22. The van der Waals surface area contributed by atoms with Crippen molar-refractivity contribution < 1.29 is 0 Å². The molecule has 11 heavy (non-hydrogen) atoms. The Morgan fingerprint density at radius 3 is 2.45 bits per heavy atom. The zero-order valence-corrected chi connectivity index (χ0v) is 8.36. The van der Waals surface area contributed by atoms with E-state index in [1.54, 1.807) is 0 Å². The van der Waals surface area contributed by atoms with Crippen molar-refractivity contribution in [3.63, 3.8) is 0 Å². The molecular formula is C7H16Cl2N2. The first-order valence-electron chi connectivity index (χ1n) is 3.73. The smallest absolute Gasteiger partial charge is 0.00798 e. The summed E-state index contributed by atoms with van der Waals surface area (Å²) in [5.74, 6) is 0. The molecule has 3 aliphatic rings. The second-order valence-electron chi connectivity index (χ2n) is 3.52. The summed E-state index contributed by atoms with van der Waals surface area (Å²) in [6, 6.07) is 0.873. The highest BCUT2D eigenvalue weighted by molar-refractivity contribution is 5.85. The fraction of sp³-hybridized carbons (Fsp3) is 1.00. The minimum atomic E-state index is 0. The van der Waals surface area contributed by atoms with Gasteiger partial charge in [-0.2, -0.15) is 0 Å². The average molecular weight is 199 g/mol. The van der Waals surface area contributed by atoms with Crippen LogP contribution in [-0.2, 0) is 0 Å². The molecule has 68 valence electrons. The second-order valence-corrected chi connectivity index (χ2v) is 3.52. The molecule has 0 aromatic carbocycles. The zero-order chi connectivity index (χ0) is 6.32. The predicted molar refractivity (Wildman–Crippen MR) is 51.9 cm³/mol. The molecule has 2 nitrogen and oxygen atoms in total. The molecule has 0 aromatic rings. The lowest BCUT2D eigenvalue weighted by Gasteiger charge is -2.36. The SMILES string of the molecule is CNCC12CNC(C1)C2.Cl.Cl. The van der Waals surface area contributed by atoms with Crippen LogP contribution in [0.1, 0.15) is 12.8 Å². The van der Waals surface area contributed by atoms with Crippen LogP contribution in [0.4, 0.5) is 0 Å². The van der Waals surface area contributed by atoms with Crippen LogP contribution in [0.3, 0.4) is 0 Å². The van der Waals surface area contributed by atoms with Gasteiger partial charge in [-0.1, -0.05) is 0 Å². The minimum Gasteiger partial charge on any atom is -0.319 e. The quantitative estimate of drug-likeness (QED) is 0.687. The third-order valence-corrected chi connectivity index (χ3v) is 2.68. The molecule has 0 spiro atoms. The van der Waals surface area contributed by atoms with Gasteiger partial charge in [0.15, 0.2) is 0 Å². The molecule has 4 heteroatoms. The molecule has 0 unspecified atom stereocenters. The summed E-state index contributed by atoms with van der Waals surface area (Å²) < 4.78 is 0. The first-order chi connectivity index (χ1) is 4.35. The van der Waals surface area contributed by atoms with Gasteiger partial charge in [-0.05, 0) is 25.3 Å². The van der Waals surface area contributed by atoms with Crippen LogP contribution in [0.25, 0.3) is 0 Å². The summed E-state index contributed by atoms with van der Waals surface area (Å²) in [4.78, 5) is 0. The number of rotatable bonds is 2.